The molecular formula is C12H14FN3. The molecule has 1 heterocycles. The minimum Gasteiger partial charge on any atom is -0.395 e. The van der Waals surface area contributed by atoms with Crippen molar-refractivity contribution in [3.8, 4) is 5.69 Å². The van der Waals surface area contributed by atoms with Gasteiger partial charge in [0.05, 0.1) is 11.4 Å². The first-order valence-electron chi connectivity index (χ1n) is 5.30. The smallest absolute Gasteiger partial charge is 0.148 e. The van der Waals surface area contributed by atoms with Crippen LogP contribution in [0.25, 0.3) is 5.69 Å². The maximum Gasteiger partial charge on any atom is 0.148 e. The summed E-state index contributed by atoms with van der Waals surface area (Å²) in [6, 6.07) is 4.80. The molecule has 0 unspecified atom stereocenters. The highest BCUT2D eigenvalue weighted by molar-refractivity contribution is 5.58. The van der Waals surface area contributed by atoms with Gasteiger partial charge in [-0.3, -0.25) is 0 Å². The second kappa shape index (κ2) is 4.35. The van der Waals surface area contributed by atoms with Crippen LogP contribution in [-0.2, 0) is 6.42 Å². The summed E-state index contributed by atoms with van der Waals surface area (Å²) in [5.74, 6) is 0.508. The van der Waals surface area contributed by atoms with Gasteiger partial charge in [0.15, 0.2) is 0 Å². The van der Waals surface area contributed by atoms with E-state index in [1.54, 1.807) is 24.5 Å². The van der Waals surface area contributed by atoms with Gasteiger partial charge in [0.1, 0.15) is 11.6 Å². The Kier molecular flexibility index (Phi) is 2.90. The Balaban J connectivity index is 2.50. The average molecular weight is 219 g/mol. The van der Waals surface area contributed by atoms with Gasteiger partial charge in [-0.05, 0) is 18.6 Å². The summed E-state index contributed by atoms with van der Waals surface area (Å²) in [7, 11) is 0. The average Bonchev–Trinajstić information content (AvgIpc) is 2.71. The van der Waals surface area contributed by atoms with Gasteiger partial charge in [-0.15, -0.1) is 0 Å². The van der Waals surface area contributed by atoms with E-state index in [0.29, 0.717) is 5.69 Å². The predicted molar refractivity (Wildman–Crippen MR) is 61.9 cm³/mol. The predicted octanol–water partition coefficient (Wildman–Crippen LogP) is 2.55. The van der Waals surface area contributed by atoms with E-state index < -0.39 is 5.82 Å². The lowest BCUT2D eigenvalue weighted by Gasteiger charge is -2.10. The Morgan fingerprint density at radius 3 is 3.00 bits per heavy atom. The number of nitrogens with zero attached hydrogens (tertiary/aromatic N) is 2. The fourth-order valence-electron chi connectivity index (χ4n) is 1.70. The van der Waals surface area contributed by atoms with Crippen molar-refractivity contribution < 1.29 is 4.39 Å². The first kappa shape index (κ1) is 10.7. The van der Waals surface area contributed by atoms with Gasteiger partial charge >= 0.3 is 0 Å². The van der Waals surface area contributed by atoms with Crippen LogP contribution in [0.15, 0.2) is 30.6 Å². The summed E-state index contributed by atoms with van der Waals surface area (Å²) in [6.07, 6.45) is 5.35. The topological polar surface area (TPSA) is 43.8 Å². The number of aromatic nitrogens is 2. The largest absolute Gasteiger partial charge is 0.395 e. The summed E-state index contributed by atoms with van der Waals surface area (Å²) in [5.41, 5.74) is 6.53. The van der Waals surface area contributed by atoms with Crippen molar-refractivity contribution in [2.24, 2.45) is 0 Å². The van der Waals surface area contributed by atoms with Gasteiger partial charge in [0.25, 0.3) is 0 Å². The molecule has 0 saturated heterocycles. The second-order valence-corrected chi connectivity index (χ2v) is 3.64. The molecule has 3 nitrogen and oxygen atoms in total. The molecule has 2 aromatic rings. The van der Waals surface area contributed by atoms with E-state index in [1.807, 2.05) is 4.57 Å². The third-order valence-corrected chi connectivity index (χ3v) is 2.48. The van der Waals surface area contributed by atoms with Crippen molar-refractivity contribution in [2.45, 2.75) is 19.8 Å². The number of hydrogen-bond acceptors (Lipinski definition) is 2. The van der Waals surface area contributed by atoms with Crippen LogP contribution in [0.1, 0.15) is 19.2 Å². The van der Waals surface area contributed by atoms with Crippen LogP contribution in [0.5, 0.6) is 0 Å². The second-order valence-electron chi connectivity index (χ2n) is 3.64. The zero-order valence-corrected chi connectivity index (χ0v) is 9.15. The Bertz CT molecular complexity index is 491. The normalized spacial score (nSPS) is 10.6. The molecule has 0 atom stereocenters. The summed E-state index contributed by atoms with van der Waals surface area (Å²) < 4.78 is 15.2. The van der Waals surface area contributed by atoms with Gasteiger partial charge in [0, 0.05) is 18.8 Å². The van der Waals surface area contributed by atoms with Crippen LogP contribution >= 0.6 is 0 Å². The third kappa shape index (κ3) is 1.78. The molecule has 0 bridgehead atoms. The highest BCUT2D eigenvalue weighted by Crippen LogP contribution is 2.21. The number of imidazole rings is 1. The fourth-order valence-corrected chi connectivity index (χ4v) is 1.70. The molecule has 0 radical (unpaired) electrons. The van der Waals surface area contributed by atoms with E-state index in [2.05, 4.69) is 11.9 Å². The molecule has 2 N–H and O–H groups in total. The zero-order valence-electron chi connectivity index (χ0n) is 9.15. The molecule has 0 aliphatic rings. The molecule has 1 aromatic carbocycles. The molecule has 2 rings (SSSR count). The number of rotatable bonds is 3. The van der Waals surface area contributed by atoms with E-state index in [4.69, 9.17) is 5.73 Å². The highest BCUT2D eigenvalue weighted by atomic mass is 19.1. The van der Waals surface area contributed by atoms with Gasteiger partial charge in [-0.2, -0.15) is 0 Å². The van der Waals surface area contributed by atoms with E-state index in [0.717, 1.165) is 18.7 Å². The van der Waals surface area contributed by atoms with E-state index in [1.165, 1.54) is 6.07 Å². The monoisotopic (exact) mass is 219 g/mol. The summed E-state index contributed by atoms with van der Waals surface area (Å²) >= 11 is 0. The minimum absolute atomic E-state index is 0.165. The minimum atomic E-state index is -0.395. The third-order valence-electron chi connectivity index (χ3n) is 2.48. The number of nitrogen functional groups attached to an aromatic ring is 1. The van der Waals surface area contributed by atoms with Crippen LogP contribution in [0.3, 0.4) is 0 Å². The van der Waals surface area contributed by atoms with Crippen molar-refractivity contribution in [2.75, 3.05) is 5.73 Å². The summed E-state index contributed by atoms with van der Waals surface area (Å²) in [5, 5.41) is 0. The Labute approximate surface area is 93.7 Å². The Hall–Kier alpha value is -1.84. The molecular weight excluding hydrogens is 205 g/mol. The lowest BCUT2D eigenvalue weighted by Crippen LogP contribution is -2.05. The van der Waals surface area contributed by atoms with Crippen LogP contribution < -0.4 is 5.73 Å². The van der Waals surface area contributed by atoms with Gasteiger partial charge < -0.3 is 10.3 Å². The van der Waals surface area contributed by atoms with Crippen molar-refractivity contribution in [3.05, 3.63) is 42.2 Å². The van der Waals surface area contributed by atoms with E-state index >= 15 is 0 Å². The maximum absolute atomic E-state index is 13.3. The molecule has 0 aliphatic heterocycles. The summed E-state index contributed by atoms with van der Waals surface area (Å²) in [6.45, 7) is 2.08. The van der Waals surface area contributed by atoms with Crippen LogP contribution in [0.4, 0.5) is 10.1 Å². The maximum atomic E-state index is 13.3. The van der Waals surface area contributed by atoms with Crippen molar-refractivity contribution >= 4 is 5.69 Å². The molecule has 0 saturated carbocycles. The molecule has 84 valence electrons. The summed E-state index contributed by atoms with van der Waals surface area (Å²) in [4.78, 5) is 4.24. The number of halogens is 1. The fraction of sp³-hybridized carbons (Fsp3) is 0.250. The van der Waals surface area contributed by atoms with Crippen molar-refractivity contribution in [3.63, 3.8) is 0 Å². The number of hydrogen-bond donors (Lipinski definition) is 1. The molecule has 0 aliphatic carbocycles. The van der Waals surface area contributed by atoms with Gasteiger partial charge in [0.2, 0.25) is 0 Å². The molecule has 16 heavy (non-hydrogen) atoms. The van der Waals surface area contributed by atoms with Crippen LogP contribution in [0.2, 0.25) is 0 Å². The first-order valence-corrected chi connectivity index (χ1v) is 5.30. The molecule has 1 aromatic heterocycles. The lowest BCUT2D eigenvalue weighted by atomic mass is 10.2. The zero-order chi connectivity index (χ0) is 11.5. The number of anilines is 1. The van der Waals surface area contributed by atoms with Crippen molar-refractivity contribution in [1.29, 1.82) is 0 Å². The van der Waals surface area contributed by atoms with Crippen LogP contribution in [0, 0.1) is 5.82 Å². The molecule has 0 spiro atoms. The number of para-hydroxylation sites is 1. The molecule has 0 fully saturated rings. The first-order chi connectivity index (χ1) is 7.74. The highest BCUT2D eigenvalue weighted by Gasteiger charge is 2.09. The quantitative estimate of drug-likeness (QED) is 0.806. The SMILES string of the molecule is CCCc1nccn1-c1cccc(F)c1N. The van der Waals surface area contributed by atoms with Gasteiger partial charge in [-0.25, -0.2) is 9.37 Å². The van der Waals surface area contributed by atoms with Crippen molar-refractivity contribution in [1.82, 2.24) is 9.55 Å². The molecule has 4 heteroatoms. The van der Waals surface area contributed by atoms with E-state index in [9.17, 15) is 4.39 Å². The lowest BCUT2D eigenvalue weighted by molar-refractivity contribution is 0.631. The number of aryl methyl sites for hydroxylation is 1. The van der Waals surface area contributed by atoms with Crippen LogP contribution in [-0.4, -0.2) is 9.55 Å². The molecule has 0 amide bonds. The Morgan fingerprint density at radius 1 is 1.44 bits per heavy atom. The standard InChI is InChI=1S/C12H14FN3/c1-2-4-11-15-7-8-16(11)10-6-3-5-9(13)12(10)14/h3,5-8H,2,4,14H2,1H3. The number of nitrogens with two attached hydrogens (primary N) is 1. The van der Waals surface area contributed by atoms with Gasteiger partial charge in [-0.1, -0.05) is 13.0 Å². The Morgan fingerprint density at radius 2 is 2.25 bits per heavy atom. The van der Waals surface area contributed by atoms with E-state index in [-0.39, 0.29) is 5.69 Å². The number of benzene rings is 1.